The third-order valence-corrected chi connectivity index (χ3v) is 2.60. The van der Waals surface area contributed by atoms with E-state index in [1.165, 1.54) is 12.8 Å². The van der Waals surface area contributed by atoms with Crippen molar-refractivity contribution < 1.29 is 0 Å². The first-order valence-corrected chi connectivity index (χ1v) is 4.85. The smallest absolute Gasteiger partial charge is 0.125 e. The molecule has 0 fully saturated rings. The molecule has 0 bridgehead atoms. The van der Waals surface area contributed by atoms with E-state index >= 15 is 0 Å². The van der Waals surface area contributed by atoms with E-state index in [4.69, 9.17) is 5.73 Å². The number of nitrogens with two attached hydrogens (primary N) is 1. The van der Waals surface area contributed by atoms with E-state index in [0.29, 0.717) is 0 Å². The molecule has 1 aromatic heterocycles. The van der Waals surface area contributed by atoms with Gasteiger partial charge in [0.1, 0.15) is 5.82 Å². The van der Waals surface area contributed by atoms with Crippen LogP contribution in [0.15, 0.2) is 6.20 Å². The van der Waals surface area contributed by atoms with E-state index in [2.05, 4.69) is 9.97 Å². The van der Waals surface area contributed by atoms with Crippen LogP contribution in [0.2, 0.25) is 0 Å². The highest BCUT2D eigenvalue weighted by Gasteiger charge is 2.16. The lowest BCUT2D eigenvalue weighted by molar-refractivity contribution is 0.614. The fraction of sp³-hybridized carbons (Fsp3) is 0.600. The van der Waals surface area contributed by atoms with E-state index in [1.54, 1.807) is 0 Å². The summed E-state index contributed by atoms with van der Waals surface area (Å²) in [6, 6.07) is 0.151. The van der Waals surface area contributed by atoms with Crippen molar-refractivity contribution in [1.82, 2.24) is 9.97 Å². The SMILES string of the molecule is Cc1ncc2c(n1)CCCCC2N. The number of hydrogen-bond acceptors (Lipinski definition) is 3. The zero-order valence-electron chi connectivity index (χ0n) is 7.95. The summed E-state index contributed by atoms with van der Waals surface area (Å²) in [5.74, 6) is 0.854. The summed E-state index contributed by atoms with van der Waals surface area (Å²) in [5.41, 5.74) is 8.34. The van der Waals surface area contributed by atoms with Gasteiger partial charge in [-0.25, -0.2) is 9.97 Å². The molecule has 1 aliphatic carbocycles. The monoisotopic (exact) mass is 177 g/mol. The summed E-state index contributed by atoms with van der Waals surface area (Å²) >= 11 is 0. The Labute approximate surface area is 78.4 Å². The number of nitrogens with zero attached hydrogens (tertiary/aromatic N) is 2. The van der Waals surface area contributed by atoms with Gasteiger partial charge in [-0.2, -0.15) is 0 Å². The Bertz CT molecular complexity index is 309. The second-order valence-electron chi connectivity index (χ2n) is 3.67. The zero-order valence-corrected chi connectivity index (χ0v) is 7.95. The normalized spacial score (nSPS) is 22.2. The molecule has 3 nitrogen and oxygen atoms in total. The van der Waals surface area contributed by atoms with Crippen LogP contribution in [0.5, 0.6) is 0 Å². The van der Waals surface area contributed by atoms with E-state index < -0.39 is 0 Å². The van der Waals surface area contributed by atoms with Crippen LogP contribution in [0.1, 0.15) is 42.4 Å². The van der Waals surface area contributed by atoms with Crippen molar-refractivity contribution in [3.05, 3.63) is 23.3 Å². The highest BCUT2D eigenvalue weighted by atomic mass is 14.9. The maximum absolute atomic E-state index is 6.02. The van der Waals surface area contributed by atoms with Gasteiger partial charge in [0.25, 0.3) is 0 Å². The molecule has 0 spiro atoms. The van der Waals surface area contributed by atoms with Crippen LogP contribution in [-0.4, -0.2) is 9.97 Å². The third kappa shape index (κ3) is 1.70. The molecular formula is C10H15N3. The van der Waals surface area contributed by atoms with Crippen molar-refractivity contribution in [3.63, 3.8) is 0 Å². The molecule has 0 amide bonds. The number of aryl methyl sites for hydroxylation is 2. The Morgan fingerprint density at radius 2 is 2.31 bits per heavy atom. The second kappa shape index (κ2) is 3.42. The first-order valence-electron chi connectivity index (χ1n) is 4.85. The average molecular weight is 177 g/mol. The van der Waals surface area contributed by atoms with E-state index in [-0.39, 0.29) is 6.04 Å². The molecule has 1 aliphatic rings. The highest BCUT2D eigenvalue weighted by molar-refractivity contribution is 5.22. The Morgan fingerprint density at radius 3 is 3.15 bits per heavy atom. The lowest BCUT2D eigenvalue weighted by Gasteiger charge is -2.10. The molecule has 13 heavy (non-hydrogen) atoms. The van der Waals surface area contributed by atoms with Gasteiger partial charge in [-0.3, -0.25) is 0 Å². The molecule has 0 saturated heterocycles. The molecule has 0 aromatic carbocycles. The van der Waals surface area contributed by atoms with Crippen LogP contribution in [0.3, 0.4) is 0 Å². The maximum Gasteiger partial charge on any atom is 0.125 e. The van der Waals surface area contributed by atoms with E-state index in [9.17, 15) is 0 Å². The molecule has 2 rings (SSSR count). The lowest BCUT2D eigenvalue weighted by atomic mass is 10.1. The molecule has 0 saturated carbocycles. The van der Waals surface area contributed by atoms with Crippen molar-refractivity contribution in [2.24, 2.45) is 5.73 Å². The molecule has 0 radical (unpaired) electrons. The Hall–Kier alpha value is -0.960. The van der Waals surface area contributed by atoms with Gasteiger partial charge in [0, 0.05) is 23.5 Å². The Morgan fingerprint density at radius 1 is 1.46 bits per heavy atom. The Kier molecular flexibility index (Phi) is 2.27. The van der Waals surface area contributed by atoms with Gasteiger partial charge < -0.3 is 5.73 Å². The van der Waals surface area contributed by atoms with Crippen molar-refractivity contribution in [2.45, 2.75) is 38.6 Å². The first-order chi connectivity index (χ1) is 6.27. The summed E-state index contributed by atoms with van der Waals surface area (Å²) < 4.78 is 0. The van der Waals surface area contributed by atoms with Crippen molar-refractivity contribution >= 4 is 0 Å². The van der Waals surface area contributed by atoms with Crippen molar-refractivity contribution in [2.75, 3.05) is 0 Å². The summed E-state index contributed by atoms with van der Waals surface area (Å²) in [6.07, 6.45) is 6.44. The number of rotatable bonds is 0. The molecule has 2 N–H and O–H groups in total. The molecule has 70 valence electrons. The minimum atomic E-state index is 0.151. The van der Waals surface area contributed by atoms with Crippen LogP contribution < -0.4 is 5.73 Å². The fourth-order valence-electron chi connectivity index (χ4n) is 1.85. The van der Waals surface area contributed by atoms with Gasteiger partial charge in [0.15, 0.2) is 0 Å². The van der Waals surface area contributed by atoms with Gasteiger partial charge in [0.05, 0.1) is 0 Å². The predicted octanol–water partition coefficient (Wildman–Crippen LogP) is 1.51. The van der Waals surface area contributed by atoms with Gasteiger partial charge >= 0.3 is 0 Å². The Balaban J connectivity index is 2.42. The van der Waals surface area contributed by atoms with Crippen molar-refractivity contribution in [3.8, 4) is 0 Å². The second-order valence-corrected chi connectivity index (χ2v) is 3.67. The topological polar surface area (TPSA) is 51.8 Å². The average Bonchev–Trinajstić information content (AvgIpc) is 2.28. The van der Waals surface area contributed by atoms with Gasteiger partial charge in [-0.1, -0.05) is 6.42 Å². The van der Waals surface area contributed by atoms with Gasteiger partial charge in [-0.15, -0.1) is 0 Å². The fourth-order valence-corrected chi connectivity index (χ4v) is 1.85. The quantitative estimate of drug-likeness (QED) is 0.611. The molecule has 1 heterocycles. The third-order valence-electron chi connectivity index (χ3n) is 2.60. The van der Waals surface area contributed by atoms with Crippen LogP contribution in [0.25, 0.3) is 0 Å². The molecule has 0 aliphatic heterocycles. The summed E-state index contributed by atoms with van der Waals surface area (Å²) in [6.45, 7) is 1.93. The number of fused-ring (bicyclic) bond motifs is 1. The zero-order chi connectivity index (χ0) is 9.26. The van der Waals surface area contributed by atoms with Crippen LogP contribution in [0, 0.1) is 6.92 Å². The molecular weight excluding hydrogens is 162 g/mol. The summed E-state index contributed by atoms with van der Waals surface area (Å²) in [7, 11) is 0. The van der Waals surface area contributed by atoms with Crippen LogP contribution in [0.4, 0.5) is 0 Å². The van der Waals surface area contributed by atoms with Crippen LogP contribution >= 0.6 is 0 Å². The number of hydrogen-bond donors (Lipinski definition) is 1. The lowest BCUT2D eigenvalue weighted by Crippen LogP contribution is -2.12. The highest BCUT2D eigenvalue weighted by Crippen LogP contribution is 2.24. The minimum absolute atomic E-state index is 0.151. The predicted molar refractivity (Wildman–Crippen MR) is 51.3 cm³/mol. The largest absolute Gasteiger partial charge is 0.324 e. The maximum atomic E-state index is 6.02. The minimum Gasteiger partial charge on any atom is -0.324 e. The van der Waals surface area contributed by atoms with Crippen LogP contribution in [-0.2, 0) is 6.42 Å². The first kappa shape index (κ1) is 8.63. The van der Waals surface area contributed by atoms with Gasteiger partial charge in [-0.05, 0) is 26.2 Å². The molecule has 1 atom stereocenters. The summed E-state index contributed by atoms with van der Waals surface area (Å²) in [5, 5.41) is 0. The van der Waals surface area contributed by atoms with E-state index in [0.717, 1.165) is 29.9 Å². The standard InChI is InChI=1S/C10H15N3/c1-7-12-6-8-9(11)4-2-3-5-10(8)13-7/h6,9H,2-5,11H2,1H3. The summed E-state index contributed by atoms with van der Waals surface area (Å²) in [4.78, 5) is 8.63. The molecule has 3 heteroatoms. The molecule has 1 unspecified atom stereocenters. The number of aromatic nitrogens is 2. The van der Waals surface area contributed by atoms with Gasteiger partial charge in [0.2, 0.25) is 0 Å². The van der Waals surface area contributed by atoms with E-state index in [1.807, 2.05) is 13.1 Å². The van der Waals surface area contributed by atoms with Crippen molar-refractivity contribution in [1.29, 1.82) is 0 Å². The molecule has 1 aromatic rings.